The zero-order valence-corrected chi connectivity index (χ0v) is 11.8. The minimum Gasteiger partial charge on any atom is -0.374 e. The van der Waals surface area contributed by atoms with Gasteiger partial charge in [-0.2, -0.15) is 0 Å². The van der Waals surface area contributed by atoms with Crippen LogP contribution in [0.25, 0.3) is 0 Å². The molecule has 1 aliphatic carbocycles. The predicted molar refractivity (Wildman–Crippen MR) is 74.3 cm³/mol. The minimum absolute atomic E-state index is 0.0974. The van der Waals surface area contributed by atoms with E-state index in [0.29, 0.717) is 6.04 Å². The molecule has 0 spiro atoms. The van der Waals surface area contributed by atoms with Crippen molar-refractivity contribution in [3.63, 3.8) is 0 Å². The van der Waals surface area contributed by atoms with Gasteiger partial charge in [-0.25, -0.2) is 0 Å². The molecule has 0 radical (unpaired) electrons. The fraction of sp³-hybridized carbons (Fsp3) is 0.867. The second kappa shape index (κ2) is 7.17. The lowest BCUT2D eigenvalue weighted by Crippen LogP contribution is -2.51. The Bertz CT molecular complexity index is 231. The standard InChI is InChI=1S/C15H29NO/c1-5-16-14(10-9-13(3)4)15(17-6-2)11-7-8-12-15/h14,16H,3,5-12H2,1-2,4H3. The van der Waals surface area contributed by atoms with Crippen LogP contribution in [0.2, 0.25) is 0 Å². The van der Waals surface area contributed by atoms with Gasteiger partial charge in [0.15, 0.2) is 0 Å². The summed E-state index contributed by atoms with van der Waals surface area (Å²) in [6.45, 7) is 12.3. The molecule has 2 nitrogen and oxygen atoms in total. The molecular formula is C15H29NO. The van der Waals surface area contributed by atoms with Crippen LogP contribution in [0.4, 0.5) is 0 Å². The number of nitrogens with one attached hydrogen (secondary N) is 1. The Kier molecular flexibility index (Phi) is 6.21. The molecule has 1 N–H and O–H groups in total. The lowest BCUT2D eigenvalue weighted by Gasteiger charge is -2.38. The summed E-state index contributed by atoms with van der Waals surface area (Å²) in [6.07, 6.45) is 7.32. The van der Waals surface area contributed by atoms with Crippen LogP contribution in [0.1, 0.15) is 59.3 Å². The van der Waals surface area contributed by atoms with Crippen molar-refractivity contribution in [2.45, 2.75) is 70.9 Å². The highest BCUT2D eigenvalue weighted by atomic mass is 16.5. The molecule has 100 valence electrons. The molecule has 0 bridgehead atoms. The van der Waals surface area contributed by atoms with Gasteiger partial charge in [-0.15, -0.1) is 6.58 Å². The first-order chi connectivity index (χ1) is 8.14. The zero-order chi connectivity index (χ0) is 12.7. The van der Waals surface area contributed by atoms with Crippen molar-refractivity contribution in [1.29, 1.82) is 0 Å². The van der Waals surface area contributed by atoms with E-state index in [0.717, 1.165) is 26.0 Å². The van der Waals surface area contributed by atoms with Gasteiger partial charge in [0, 0.05) is 12.6 Å². The second-order valence-corrected chi connectivity index (χ2v) is 5.31. The molecule has 1 saturated carbocycles. The van der Waals surface area contributed by atoms with Gasteiger partial charge in [-0.1, -0.05) is 25.3 Å². The van der Waals surface area contributed by atoms with Crippen LogP contribution in [-0.4, -0.2) is 24.8 Å². The molecule has 0 aromatic rings. The lowest BCUT2D eigenvalue weighted by atomic mass is 9.87. The maximum absolute atomic E-state index is 6.15. The number of hydrogen-bond donors (Lipinski definition) is 1. The number of rotatable bonds is 8. The van der Waals surface area contributed by atoms with Crippen molar-refractivity contribution in [1.82, 2.24) is 5.32 Å². The maximum Gasteiger partial charge on any atom is 0.0834 e. The molecule has 0 aromatic heterocycles. The Morgan fingerprint density at radius 2 is 2.00 bits per heavy atom. The van der Waals surface area contributed by atoms with E-state index in [9.17, 15) is 0 Å². The predicted octanol–water partition coefficient (Wildman–Crippen LogP) is 3.67. The Labute approximate surface area is 107 Å². The van der Waals surface area contributed by atoms with Crippen LogP contribution in [0, 0.1) is 0 Å². The molecule has 0 saturated heterocycles. The summed E-state index contributed by atoms with van der Waals surface area (Å²) in [5.41, 5.74) is 1.37. The van der Waals surface area contributed by atoms with Gasteiger partial charge in [0.25, 0.3) is 0 Å². The van der Waals surface area contributed by atoms with Crippen molar-refractivity contribution in [3.05, 3.63) is 12.2 Å². The molecule has 0 amide bonds. The number of ether oxygens (including phenoxy) is 1. The quantitative estimate of drug-likeness (QED) is 0.653. The van der Waals surface area contributed by atoms with E-state index in [1.54, 1.807) is 0 Å². The van der Waals surface area contributed by atoms with E-state index in [1.165, 1.54) is 31.3 Å². The van der Waals surface area contributed by atoms with Crippen LogP contribution in [0.3, 0.4) is 0 Å². The number of likely N-dealkylation sites (N-methyl/N-ethyl adjacent to an activating group) is 1. The maximum atomic E-state index is 6.15. The highest BCUT2D eigenvalue weighted by Crippen LogP contribution is 2.38. The Morgan fingerprint density at radius 1 is 1.35 bits per heavy atom. The molecule has 1 atom stereocenters. The van der Waals surface area contributed by atoms with Crippen molar-refractivity contribution >= 4 is 0 Å². The molecule has 1 unspecified atom stereocenters. The molecule has 0 aromatic carbocycles. The van der Waals surface area contributed by atoms with Gasteiger partial charge in [0.2, 0.25) is 0 Å². The molecule has 0 aliphatic heterocycles. The van der Waals surface area contributed by atoms with Crippen LogP contribution in [0.5, 0.6) is 0 Å². The zero-order valence-electron chi connectivity index (χ0n) is 11.8. The lowest BCUT2D eigenvalue weighted by molar-refractivity contribution is -0.0627. The van der Waals surface area contributed by atoms with E-state index in [1.807, 2.05) is 0 Å². The Balaban J connectivity index is 2.66. The van der Waals surface area contributed by atoms with Crippen molar-refractivity contribution in [2.24, 2.45) is 0 Å². The van der Waals surface area contributed by atoms with Crippen LogP contribution in [-0.2, 0) is 4.74 Å². The molecule has 17 heavy (non-hydrogen) atoms. The molecule has 1 fully saturated rings. The topological polar surface area (TPSA) is 21.3 Å². The van der Waals surface area contributed by atoms with Crippen LogP contribution < -0.4 is 5.32 Å². The highest BCUT2D eigenvalue weighted by Gasteiger charge is 2.41. The molecule has 2 heteroatoms. The first-order valence-electron chi connectivity index (χ1n) is 7.16. The molecular weight excluding hydrogens is 210 g/mol. The number of allylic oxidation sites excluding steroid dienone is 1. The summed E-state index contributed by atoms with van der Waals surface area (Å²) >= 11 is 0. The van der Waals surface area contributed by atoms with E-state index in [2.05, 4.69) is 32.7 Å². The first kappa shape index (κ1) is 14.7. The largest absolute Gasteiger partial charge is 0.374 e. The van der Waals surface area contributed by atoms with Gasteiger partial charge in [0.1, 0.15) is 0 Å². The molecule has 0 heterocycles. The monoisotopic (exact) mass is 239 g/mol. The third-order valence-electron chi connectivity index (χ3n) is 3.83. The van der Waals surface area contributed by atoms with E-state index >= 15 is 0 Å². The fourth-order valence-corrected chi connectivity index (χ4v) is 3.04. The van der Waals surface area contributed by atoms with Gasteiger partial charge < -0.3 is 10.1 Å². The first-order valence-corrected chi connectivity index (χ1v) is 7.16. The smallest absolute Gasteiger partial charge is 0.0834 e. The van der Waals surface area contributed by atoms with Crippen LogP contribution >= 0.6 is 0 Å². The Hall–Kier alpha value is -0.340. The third kappa shape index (κ3) is 4.11. The normalized spacial score (nSPS) is 20.4. The summed E-state index contributed by atoms with van der Waals surface area (Å²) in [4.78, 5) is 0. The highest BCUT2D eigenvalue weighted by molar-refractivity contribution is 4.99. The summed E-state index contributed by atoms with van der Waals surface area (Å²) in [6, 6.07) is 0.492. The average Bonchev–Trinajstić information content (AvgIpc) is 2.74. The van der Waals surface area contributed by atoms with Crippen molar-refractivity contribution in [2.75, 3.05) is 13.2 Å². The SMILES string of the molecule is C=C(C)CCC(NCC)C1(OCC)CCCC1. The van der Waals surface area contributed by atoms with Gasteiger partial charge >= 0.3 is 0 Å². The van der Waals surface area contributed by atoms with Gasteiger partial charge in [-0.05, 0) is 46.1 Å². The Morgan fingerprint density at radius 3 is 2.47 bits per heavy atom. The summed E-state index contributed by atoms with van der Waals surface area (Å²) in [5.74, 6) is 0. The molecule has 1 rings (SSSR count). The van der Waals surface area contributed by atoms with Gasteiger partial charge in [-0.3, -0.25) is 0 Å². The van der Waals surface area contributed by atoms with Crippen molar-refractivity contribution in [3.8, 4) is 0 Å². The summed E-state index contributed by atoms with van der Waals surface area (Å²) < 4.78 is 6.15. The second-order valence-electron chi connectivity index (χ2n) is 5.31. The van der Waals surface area contributed by atoms with Gasteiger partial charge in [0.05, 0.1) is 5.60 Å². The van der Waals surface area contributed by atoms with E-state index in [4.69, 9.17) is 4.74 Å². The van der Waals surface area contributed by atoms with E-state index in [-0.39, 0.29) is 5.60 Å². The fourth-order valence-electron chi connectivity index (χ4n) is 3.04. The molecule has 1 aliphatic rings. The summed E-state index contributed by atoms with van der Waals surface area (Å²) in [7, 11) is 0. The number of hydrogen-bond acceptors (Lipinski definition) is 2. The summed E-state index contributed by atoms with van der Waals surface area (Å²) in [5, 5.41) is 3.64. The average molecular weight is 239 g/mol. The van der Waals surface area contributed by atoms with Crippen LogP contribution in [0.15, 0.2) is 12.2 Å². The van der Waals surface area contributed by atoms with Crippen molar-refractivity contribution < 1.29 is 4.74 Å². The third-order valence-corrected chi connectivity index (χ3v) is 3.83. The van der Waals surface area contributed by atoms with E-state index < -0.39 is 0 Å². The minimum atomic E-state index is 0.0974.